The number of nitrogens with one attached hydrogen (secondary N) is 1. The molecule has 74 valence electrons. The summed E-state index contributed by atoms with van der Waals surface area (Å²) < 4.78 is 5.54. The monoisotopic (exact) mass is 189 g/mol. The second-order valence-corrected chi connectivity index (χ2v) is 4.27. The summed E-state index contributed by atoms with van der Waals surface area (Å²) in [5.41, 5.74) is 2.67. The van der Waals surface area contributed by atoms with Crippen LogP contribution in [0.15, 0.2) is 35.4 Å². The van der Waals surface area contributed by atoms with Crippen LogP contribution in [0.25, 0.3) is 0 Å². The van der Waals surface area contributed by atoms with Gasteiger partial charge in [0.1, 0.15) is 5.76 Å². The normalized spacial score (nSPS) is 24.4. The van der Waals surface area contributed by atoms with Crippen LogP contribution in [-0.4, -0.2) is 6.54 Å². The van der Waals surface area contributed by atoms with E-state index in [1.165, 1.54) is 24.1 Å². The molecule has 1 fully saturated rings. The highest BCUT2D eigenvalue weighted by Crippen LogP contribution is 2.34. The predicted octanol–water partition coefficient (Wildman–Crippen LogP) is 2.46. The fourth-order valence-electron chi connectivity index (χ4n) is 2.01. The molecule has 0 aromatic carbocycles. The summed E-state index contributed by atoms with van der Waals surface area (Å²) in [4.78, 5) is 0. The molecule has 0 aromatic heterocycles. The Hall–Kier alpha value is -1.18. The third kappa shape index (κ3) is 1.45. The van der Waals surface area contributed by atoms with E-state index in [1.807, 2.05) is 6.08 Å². The van der Waals surface area contributed by atoms with Gasteiger partial charge in [-0.25, -0.2) is 0 Å². The molecule has 1 saturated carbocycles. The SMILES string of the molecule is C1=COC2=C(NCC3CC3)CCC2=C1. The Morgan fingerprint density at radius 3 is 3.14 bits per heavy atom. The van der Waals surface area contributed by atoms with E-state index >= 15 is 0 Å². The molecule has 1 aliphatic heterocycles. The quantitative estimate of drug-likeness (QED) is 0.736. The van der Waals surface area contributed by atoms with Crippen LogP contribution >= 0.6 is 0 Å². The van der Waals surface area contributed by atoms with Gasteiger partial charge < -0.3 is 10.1 Å². The summed E-state index contributed by atoms with van der Waals surface area (Å²) in [5, 5.41) is 3.52. The van der Waals surface area contributed by atoms with Gasteiger partial charge in [-0.2, -0.15) is 0 Å². The molecule has 0 aromatic rings. The number of rotatable bonds is 3. The van der Waals surface area contributed by atoms with Gasteiger partial charge in [-0.15, -0.1) is 0 Å². The van der Waals surface area contributed by atoms with Gasteiger partial charge in [0, 0.05) is 6.54 Å². The highest BCUT2D eigenvalue weighted by molar-refractivity contribution is 5.40. The van der Waals surface area contributed by atoms with Crippen molar-refractivity contribution in [3.63, 3.8) is 0 Å². The van der Waals surface area contributed by atoms with E-state index in [1.54, 1.807) is 6.26 Å². The molecule has 2 nitrogen and oxygen atoms in total. The Morgan fingerprint density at radius 2 is 2.29 bits per heavy atom. The van der Waals surface area contributed by atoms with Crippen molar-refractivity contribution >= 4 is 0 Å². The predicted molar refractivity (Wildman–Crippen MR) is 55.3 cm³/mol. The van der Waals surface area contributed by atoms with E-state index in [0.29, 0.717) is 0 Å². The van der Waals surface area contributed by atoms with Gasteiger partial charge in [-0.05, 0) is 43.3 Å². The molecule has 3 aliphatic rings. The van der Waals surface area contributed by atoms with E-state index in [2.05, 4.69) is 11.4 Å². The highest BCUT2D eigenvalue weighted by Gasteiger charge is 2.25. The molecule has 3 rings (SSSR count). The molecule has 2 heteroatoms. The van der Waals surface area contributed by atoms with Gasteiger partial charge in [0.25, 0.3) is 0 Å². The highest BCUT2D eigenvalue weighted by atomic mass is 16.5. The number of ether oxygens (including phenoxy) is 1. The van der Waals surface area contributed by atoms with Crippen LogP contribution < -0.4 is 5.32 Å². The molecule has 14 heavy (non-hydrogen) atoms. The lowest BCUT2D eigenvalue weighted by molar-refractivity contribution is 0.351. The van der Waals surface area contributed by atoms with Crippen molar-refractivity contribution in [2.45, 2.75) is 25.7 Å². The third-order valence-electron chi connectivity index (χ3n) is 3.07. The summed E-state index contributed by atoms with van der Waals surface area (Å²) in [6.45, 7) is 1.14. The molecular weight excluding hydrogens is 174 g/mol. The number of hydrogen-bond acceptors (Lipinski definition) is 2. The molecule has 0 radical (unpaired) electrons. The zero-order valence-electron chi connectivity index (χ0n) is 8.25. The van der Waals surface area contributed by atoms with E-state index in [0.717, 1.165) is 31.1 Å². The van der Waals surface area contributed by atoms with Gasteiger partial charge in [0.2, 0.25) is 0 Å². The van der Waals surface area contributed by atoms with Crippen LogP contribution in [0.2, 0.25) is 0 Å². The standard InChI is InChI=1S/C12H15NO/c1-2-10-5-6-11(12(10)14-7-1)13-8-9-3-4-9/h1-2,7,9,13H,3-6,8H2. The van der Waals surface area contributed by atoms with E-state index in [9.17, 15) is 0 Å². The minimum absolute atomic E-state index is 0.926. The van der Waals surface area contributed by atoms with Gasteiger partial charge in [-0.1, -0.05) is 6.08 Å². The second kappa shape index (κ2) is 3.19. The topological polar surface area (TPSA) is 21.3 Å². The van der Waals surface area contributed by atoms with Gasteiger partial charge in [0.15, 0.2) is 0 Å². The Balaban J connectivity index is 1.71. The first-order chi connectivity index (χ1) is 6.93. The zero-order valence-corrected chi connectivity index (χ0v) is 8.25. The average Bonchev–Trinajstić information content (AvgIpc) is 2.96. The Morgan fingerprint density at radius 1 is 1.36 bits per heavy atom. The summed E-state index contributed by atoms with van der Waals surface area (Å²) in [6.07, 6.45) is 11.0. The Bertz CT molecular complexity index is 334. The van der Waals surface area contributed by atoms with Crippen LogP contribution in [0, 0.1) is 5.92 Å². The lowest BCUT2D eigenvalue weighted by atomic mass is 10.2. The molecule has 0 amide bonds. The molecular formula is C12H15NO. The number of hydrogen-bond donors (Lipinski definition) is 1. The fourth-order valence-corrected chi connectivity index (χ4v) is 2.01. The lowest BCUT2D eigenvalue weighted by Gasteiger charge is -2.11. The smallest absolute Gasteiger partial charge is 0.148 e. The van der Waals surface area contributed by atoms with Crippen molar-refractivity contribution in [1.82, 2.24) is 5.32 Å². The third-order valence-corrected chi connectivity index (χ3v) is 3.07. The molecule has 1 heterocycles. The Labute approximate surface area is 84.3 Å². The van der Waals surface area contributed by atoms with Crippen molar-refractivity contribution in [3.05, 3.63) is 35.4 Å². The molecule has 1 N–H and O–H groups in total. The van der Waals surface area contributed by atoms with Gasteiger partial charge in [0.05, 0.1) is 12.0 Å². The molecule has 0 unspecified atom stereocenters. The van der Waals surface area contributed by atoms with Gasteiger partial charge >= 0.3 is 0 Å². The lowest BCUT2D eigenvalue weighted by Crippen LogP contribution is -2.16. The number of fused-ring (bicyclic) bond motifs is 1. The van der Waals surface area contributed by atoms with E-state index < -0.39 is 0 Å². The van der Waals surface area contributed by atoms with E-state index in [-0.39, 0.29) is 0 Å². The molecule has 0 atom stereocenters. The van der Waals surface area contributed by atoms with Crippen molar-refractivity contribution in [2.75, 3.05) is 6.54 Å². The summed E-state index contributed by atoms with van der Waals surface area (Å²) in [7, 11) is 0. The molecule has 0 bridgehead atoms. The zero-order chi connectivity index (χ0) is 9.38. The van der Waals surface area contributed by atoms with Crippen LogP contribution in [0.5, 0.6) is 0 Å². The summed E-state index contributed by atoms with van der Waals surface area (Å²) in [6, 6.07) is 0. The minimum Gasteiger partial charge on any atom is -0.463 e. The van der Waals surface area contributed by atoms with Crippen molar-refractivity contribution < 1.29 is 4.74 Å². The average molecular weight is 189 g/mol. The number of allylic oxidation sites excluding steroid dienone is 4. The van der Waals surface area contributed by atoms with Crippen LogP contribution in [-0.2, 0) is 4.74 Å². The maximum absolute atomic E-state index is 5.54. The first kappa shape index (κ1) is 8.16. The van der Waals surface area contributed by atoms with Crippen molar-refractivity contribution in [2.24, 2.45) is 5.92 Å². The maximum Gasteiger partial charge on any atom is 0.148 e. The van der Waals surface area contributed by atoms with Crippen LogP contribution in [0.3, 0.4) is 0 Å². The van der Waals surface area contributed by atoms with Crippen LogP contribution in [0.1, 0.15) is 25.7 Å². The molecule has 0 saturated heterocycles. The first-order valence-corrected chi connectivity index (χ1v) is 5.43. The molecule has 0 spiro atoms. The summed E-state index contributed by atoms with van der Waals surface area (Å²) in [5.74, 6) is 2.02. The Kier molecular flexibility index (Phi) is 1.86. The fraction of sp³-hybridized carbons (Fsp3) is 0.500. The van der Waals surface area contributed by atoms with Gasteiger partial charge in [-0.3, -0.25) is 0 Å². The second-order valence-electron chi connectivity index (χ2n) is 4.27. The first-order valence-electron chi connectivity index (χ1n) is 5.43. The van der Waals surface area contributed by atoms with E-state index in [4.69, 9.17) is 4.74 Å². The molecule has 2 aliphatic carbocycles. The minimum atomic E-state index is 0.926. The summed E-state index contributed by atoms with van der Waals surface area (Å²) >= 11 is 0. The van der Waals surface area contributed by atoms with Crippen LogP contribution in [0.4, 0.5) is 0 Å². The van der Waals surface area contributed by atoms with Crippen molar-refractivity contribution in [3.8, 4) is 0 Å². The van der Waals surface area contributed by atoms with Crippen molar-refractivity contribution in [1.29, 1.82) is 0 Å². The largest absolute Gasteiger partial charge is 0.463 e. The maximum atomic E-state index is 5.54.